The van der Waals surface area contributed by atoms with Gasteiger partial charge < -0.3 is 10.2 Å². The summed E-state index contributed by atoms with van der Waals surface area (Å²) in [6.45, 7) is 4.91. The zero-order chi connectivity index (χ0) is 13.8. The minimum absolute atomic E-state index is 0.205. The SMILES string of the molecule is Cc1cccc([N+](=O)[O-])c1N(C)CC1CCNCC1. The Labute approximate surface area is 113 Å². The second-order valence-corrected chi connectivity index (χ2v) is 5.27. The second-order valence-electron chi connectivity index (χ2n) is 5.27. The molecule has 1 aliphatic rings. The number of aryl methyl sites for hydroxylation is 1. The van der Waals surface area contributed by atoms with E-state index in [1.165, 1.54) is 0 Å². The van der Waals surface area contributed by atoms with Gasteiger partial charge in [-0.05, 0) is 44.3 Å². The number of para-hydroxylation sites is 1. The van der Waals surface area contributed by atoms with Gasteiger partial charge in [0.25, 0.3) is 5.69 Å². The average molecular weight is 263 g/mol. The molecule has 0 bridgehead atoms. The van der Waals surface area contributed by atoms with Crippen LogP contribution >= 0.6 is 0 Å². The summed E-state index contributed by atoms with van der Waals surface area (Å²) in [4.78, 5) is 12.9. The first-order valence-corrected chi connectivity index (χ1v) is 6.75. The van der Waals surface area contributed by atoms with Crippen LogP contribution in [0.3, 0.4) is 0 Å². The van der Waals surface area contributed by atoms with Crippen molar-refractivity contribution in [1.82, 2.24) is 5.32 Å². The molecule has 1 saturated heterocycles. The van der Waals surface area contributed by atoms with Gasteiger partial charge in [-0.3, -0.25) is 10.1 Å². The highest BCUT2D eigenvalue weighted by atomic mass is 16.6. The molecule has 1 N–H and O–H groups in total. The highest BCUT2D eigenvalue weighted by molar-refractivity contribution is 5.67. The van der Waals surface area contributed by atoms with E-state index in [-0.39, 0.29) is 10.6 Å². The number of hydrogen-bond donors (Lipinski definition) is 1. The lowest BCUT2D eigenvalue weighted by atomic mass is 9.97. The Morgan fingerprint density at radius 1 is 1.42 bits per heavy atom. The maximum atomic E-state index is 11.1. The third kappa shape index (κ3) is 3.23. The van der Waals surface area contributed by atoms with Gasteiger partial charge in [-0.15, -0.1) is 0 Å². The van der Waals surface area contributed by atoms with Gasteiger partial charge in [-0.1, -0.05) is 12.1 Å². The van der Waals surface area contributed by atoms with E-state index in [0.29, 0.717) is 5.92 Å². The maximum absolute atomic E-state index is 11.1. The number of nitrogens with zero attached hydrogens (tertiary/aromatic N) is 2. The van der Waals surface area contributed by atoms with E-state index in [0.717, 1.165) is 43.7 Å². The number of nitro groups is 1. The van der Waals surface area contributed by atoms with E-state index >= 15 is 0 Å². The quantitative estimate of drug-likeness (QED) is 0.669. The van der Waals surface area contributed by atoms with Gasteiger partial charge in [0.05, 0.1) is 4.92 Å². The van der Waals surface area contributed by atoms with Crippen LogP contribution in [0.4, 0.5) is 11.4 Å². The highest BCUT2D eigenvalue weighted by Gasteiger charge is 2.22. The topological polar surface area (TPSA) is 58.4 Å². The van der Waals surface area contributed by atoms with Crippen LogP contribution < -0.4 is 10.2 Å². The maximum Gasteiger partial charge on any atom is 0.292 e. The molecule has 1 fully saturated rings. The summed E-state index contributed by atoms with van der Waals surface area (Å²) < 4.78 is 0. The van der Waals surface area contributed by atoms with Crippen LogP contribution in [0.5, 0.6) is 0 Å². The molecule has 0 spiro atoms. The summed E-state index contributed by atoms with van der Waals surface area (Å²) in [5.74, 6) is 0.616. The molecule has 1 heterocycles. The van der Waals surface area contributed by atoms with Gasteiger partial charge in [0.2, 0.25) is 0 Å². The lowest BCUT2D eigenvalue weighted by molar-refractivity contribution is -0.384. The normalized spacial score (nSPS) is 16.3. The molecule has 104 valence electrons. The van der Waals surface area contributed by atoms with Crippen molar-refractivity contribution in [2.24, 2.45) is 5.92 Å². The Morgan fingerprint density at radius 2 is 2.11 bits per heavy atom. The molecule has 0 atom stereocenters. The van der Waals surface area contributed by atoms with Crippen LogP contribution in [0.2, 0.25) is 0 Å². The van der Waals surface area contributed by atoms with Gasteiger partial charge >= 0.3 is 0 Å². The fraction of sp³-hybridized carbons (Fsp3) is 0.571. The molecule has 0 radical (unpaired) electrons. The summed E-state index contributed by atoms with van der Waals surface area (Å²) in [6, 6.07) is 5.26. The summed E-state index contributed by atoms with van der Waals surface area (Å²) >= 11 is 0. The molecule has 0 aliphatic carbocycles. The summed E-state index contributed by atoms with van der Waals surface area (Å²) in [5.41, 5.74) is 1.92. The van der Waals surface area contributed by atoms with Crippen molar-refractivity contribution < 1.29 is 4.92 Å². The minimum atomic E-state index is -0.290. The van der Waals surface area contributed by atoms with E-state index in [2.05, 4.69) is 5.32 Å². The number of rotatable bonds is 4. The van der Waals surface area contributed by atoms with Crippen molar-refractivity contribution in [3.63, 3.8) is 0 Å². The summed E-state index contributed by atoms with van der Waals surface area (Å²) in [6.07, 6.45) is 2.29. The molecule has 5 nitrogen and oxygen atoms in total. The lowest BCUT2D eigenvalue weighted by Gasteiger charge is -2.29. The van der Waals surface area contributed by atoms with Crippen molar-refractivity contribution in [2.75, 3.05) is 31.6 Å². The molecule has 1 aromatic rings. The molecule has 19 heavy (non-hydrogen) atoms. The Morgan fingerprint density at radius 3 is 2.74 bits per heavy atom. The molecule has 0 amide bonds. The Hall–Kier alpha value is -1.62. The van der Waals surface area contributed by atoms with Crippen LogP contribution in [0.25, 0.3) is 0 Å². The molecule has 0 aromatic heterocycles. The first-order valence-electron chi connectivity index (χ1n) is 6.75. The molecule has 1 aromatic carbocycles. The van der Waals surface area contributed by atoms with Crippen molar-refractivity contribution in [3.05, 3.63) is 33.9 Å². The monoisotopic (exact) mass is 263 g/mol. The molecule has 0 unspecified atom stereocenters. The van der Waals surface area contributed by atoms with Crippen molar-refractivity contribution in [3.8, 4) is 0 Å². The first kappa shape index (κ1) is 13.8. The summed E-state index contributed by atoms with van der Waals surface area (Å²) in [7, 11) is 1.96. The minimum Gasteiger partial charge on any atom is -0.369 e. The Kier molecular flexibility index (Phi) is 4.37. The van der Waals surface area contributed by atoms with E-state index in [9.17, 15) is 10.1 Å². The van der Waals surface area contributed by atoms with Crippen LogP contribution in [0.15, 0.2) is 18.2 Å². The Balaban J connectivity index is 2.17. The standard InChI is InChI=1S/C14H21N3O2/c1-11-4-3-5-13(17(18)19)14(11)16(2)10-12-6-8-15-9-7-12/h3-5,12,15H,6-10H2,1-2H3. The molecule has 0 saturated carbocycles. The molecule has 5 heteroatoms. The van der Waals surface area contributed by atoms with Crippen LogP contribution in [-0.2, 0) is 0 Å². The van der Waals surface area contributed by atoms with Crippen molar-refractivity contribution >= 4 is 11.4 Å². The van der Waals surface area contributed by atoms with Crippen molar-refractivity contribution in [2.45, 2.75) is 19.8 Å². The van der Waals surface area contributed by atoms with E-state index in [4.69, 9.17) is 0 Å². The van der Waals surface area contributed by atoms with Crippen molar-refractivity contribution in [1.29, 1.82) is 0 Å². The third-order valence-corrected chi connectivity index (χ3v) is 3.79. The number of piperidine rings is 1. The molecule has 1 aliphatic heterocycles. The zero-order valence-electron chi connectivity index (χ0n) is 11.6. The largest absolute Gasteiger partial charge is 0.369 e. The number of benzene rings is 1. The fourth-order valence-electron chi connectivity index (χ4n) is 2.83. The van der Waals surface area contributed by atoms with E-state index in [1.54, 1.807) is 12.1 Å². The Bertz CT molecular complexity index is 456. The average Bonchev–Trinajstić information content (AvgIpc) is 2.39. The van der Waals surface area contributed by atoms with Gasteiger partial charge in [0.15, 0.2) is 0 Å². The predicted octanol–water partition coefficient (Wildman–Crippen LogP) is 2.34. The number of nitrogens with one attached hydrogen (secondary N) is 1. The predicted molar refractivity (Wildman–Crippen MR) is 76.7 cm³/mol. The smallest absolute Gasteiger partial charge is 0.292 e. The van der Waals surface area contributed by atoms with Gasteiger partial charge in [0.1, 0.15) is 5.69 Å². The lowest BCUT2D eigenvalue weighted by Crippen LogP contribution is -2.35. The van der Waals surface area contributed by atoms with Gasteiger partial charge in [-0.25, -0.2) is 0 Å². The van der Waals surface area contributed by atoms with Crippen LogP contribution in [0, 0.1) is 23.0 Å². The van der Waals surface area contributed by atoms with Gasteiger partial charge in [0, 0.05) is 19.7 Å². The second kappa shape index (κ2) is 6.02. The van der Waals surface area contributed by atoms with E-state index < -0.39 is 0 Å². The number of anilines is 1. The highest BCUT2D eigenvalue weighted by Crippen LogP contribution is 2.31. The molecule has 2 rings (SSSR count). The number of hydrogen-bond acceptors (Lipinski definition) is 4. The van der Waals surface area contributed by atoms with Gasteiger partial charge in [-0.2, -0.15) is 0 Å². The first-order chi connectivity index (χ1) is 9.09. The van der Waals surface area contributed by atoms with Crippen LogP contribution in [0.1, 0.15) is 18.4 Å². The fourth-order valence-corrected chi connectivity index (χ4v) is 2.83. The third-order valence-electron chi connectivity index (χ3n) is 3.79. The zero-order valence-corrected chi connectivity index (χ0v) is 11.6. The molecular weight excluding hydrogens is 242 g/mol. The number of nitro benzene ring substituents is 1. The summed E-state index contributed by atoms with van der Waals surface area (Å²) in [5, 5.41) is 14.5. The van der Waals surface area contributed by atoms with E-state index in [1.807, 2.05) is 24.9 Å². The van der Waals surface area contributed by atoms with Crippen LogP contribution in [-0.4, -0.2) is 31.6 Å². The molecular formula is C14H21N3O2.